The Morgan fingerprint density at radius 2 is 1.85 bits per heavy atom. The van der Waals surface area contributed by atoms with Gasteiger partial charge in [-0.05, 0) is 30.3 Å². The predicted molar refractivity (Wildman–Crippen MR) is 81.6 cm³/mol. The van der Waals surface area contributed by atoms with Crippen molar-refractivity contribution in [3.63, 3.8) is 0 Å². The van der Waals surface area contributed by atoms with Gasteiger partial charge in [-0.3, -0.25) is 0 Å². The zero-order valence-corrected chi connectivity index (χ0v) is 12.4. The number of phenols is 1. The predicted octanol–water partition coefficient (Wildman–Crippen LogP) is 4.84. The number of nitrogens with zero attached hydrogens (tertiary/aromatic N) is 1. The summed E-state index contributed by atoms with van der Waals surface area (Å²) >= 11 is 17.8. The van der Waals surface area contributed by atoms with E-state index in [2.05, 4.69) is 5.32 Å². The molecule has 0 bridgehead atoms. The Bertz CT molecular complexity index is 696. The van der Waals surface area contributed by atoms with Gasteiger partial charge in [0.25, 0.3) is 0 Å². The highest BCUT2D eigenvalue weighted by Crippen LogP contribution is 2.32. The molecule has 3 nitrogen and oxygen atoms in total. The molecule has 0 amide bonds. The lowest BCUT2D eigenvalue weighted by molar-refractivity contribution is 0.469. The zero-order valence-electron chi connectivity index (χ0n) is 10.1. The van der Waals surface area contributed by atoms with Crippen LogP contribution in [0.5, 0.6) is 5.75 Å². The van der Waals surface area contributed by atoms with Crippen molar-refractivity contribution in [3.8, 4) is 11.8 Å². The number of nitriles is 1. The van der Waals surface area contributed by atoms with Crippen molar-refractivity contribution < 1.29 is 5.11 Å². The number of hydrogen-bond acceptors (Lipinski definition) is 3. The van der Waals surface area contributed by atoms with E-state index in [1.165, 1.54) is 6.07 Å². The van der Waals surface area contributed by atoms with E-state index in [1.54, 1.807) is 24.3 Å². The maximum atomic E-state index is 9.84. The van der Waals surface area contributed by atoms with Crippen LogP contribution in [-0.2, 0) is 6.54 Å². The first-order valence-corrected chi connectivity index (χ1v) is 6.75. The Morgan fingerprint density at radius 1 is 1.10 bits per heavy atom. The molecule has 6 heteroatoms. The molecule has 2 aromatic rings. The molecule has 102 valence electrons. The quantitative estimate of drug-likeness (QED) is 0.848. The fourth-order valence-electron chi connectivity index (χ4n) is 1.67. The van der Waals surface area contributed by atoms with Crippen LogP contribution in [0.15, 0.2) is 30.3 Å². The molecule has 0 aliphatic rings. The molecule has 2 rings (SSSR count). The van der Waals surface area contributed by atoms with Crippen LogP contribution in [-0.4, -0.2) is 5.11 Å². The second kappa shape index (κ2) is 6.23. The molecule has 0 saturated heterocycles. The summed E-state index contributed by atoms with van der Waals surface area (Å²) in [5, 5.41) is 22.7. The largest absolute Gasteiger partial charge is 0.506 e. The summed E-state index contributed by atoms with van der Waals surface area (Å²) in [5.41, 5.74) is 1.69. The van der Waals surface area contributed by atoms with E-state index >= 15 is 0 Å². The van der Waals surface area contributed by atoms with E-state index in [0.717, 1.165) is 0 Å². The van der Waals surface area contributed by atoms with E-state index < -0.39 is 0 Å². The Labute approximate surface area is 131 Å². The van der Waals surface area contributed by atoms with Crippen LogP contribution in [0.2, 0.25) is 15.1 Å². The van der Waals surface area contributed by atoms with Gasteiger partial charge in [0.2, 0.25) is 0 Å². The summed E-state index contributed by atoms with van der Waals surface area (Å²) in [6.45, 7) is 0.303. The van der Waals surface area contributed by atoms with Gasteiger partial charge >= 0.3 is 0 Å². The summed E-state index contributed by atoms with van der Waals surface area (Å²) in [4.78, 5) is 0. The maximum Gasteiger partial charge on any atom is 0.139 e. The standard InChI is InChI=1S/C14H9Cl3N2O/c15-10-4-9(14(20)12(17)5-10)7-19-13-2-1-8(6-18)3-11(13)16/h1-5,19-20H,7H2. The SMILES string of the molecule is N#Cc1ccc(NCc2cc(Cl)cc(Cl)c2O)c(Cl)c1. The molecule has 0 unspecified atom stereocenters. The first-order valence-electron chi connectivity index (χ1n) is 5.61. The monoisotopic (exact) mass is 326 g/mol. The topological polar surface area (TPSA) is 56.0 Å². The molecule has 0 aromatic heterocycles. The molecular weight excluding hydrogens is 319 g/mol. The van der Waals surface area contributed by atoms with Crippen LogP contribution in [0.3, 0.4) is 0 Å². The van der Waals surface area contributed by atoms with Gasteiger partial charge in [-0.15, -0.1) is 0 Å². The van der Waals surface area contributed by atoms with Gasteiger partial charge in [-0.1, -0.05) is 34.8 Å². The van der Waals surface area contributed by atoms with Gasteiger partial charge < -0.3 is 10.4 Å². The molecule has 0 heterocycles. The number of phenolic OH excluding ortho intramolecular Hbond substituents is 1. The summed E-state index contributed by atoms with van der Waals surface area (Å²) in [7, 11) is 0. The van der Waals surface area contributed by atoms with Crippen molar-refractivity contribution in [3.05, 3.63) is 56.5 Å². The van der Waals surface area contributed by atoms with Crippen LogP contribution in [0.1, 0.15) is 11.1 Å². The van der Waals surface area contributed by atoms with Crippen LogP contribution in [0.4, 0.5) is 5.69 Å². The van der Waals surface area contributed by atoms with E-state index in [9.17, 15) is 5.11 Å². The first kappa shape index (κ1) is 14.8. The van der Waals surface area contributed by atoms with Gasteiger partial charge in [-0.2, -0.15) is 5.26 Å². The highest BCUT2D eigenvalue weighted by molar-refractivity contribution is 6.35. The Balaban J connectivity index is 2.19. The fraction of sp³-hybridized carbons (Fsp3) is 0.0714. The van der Waals surface area contributed by atoms with Gasteiger partial charge in [0.15, 0.2) is 0 Å². The Hall–Kier alpha value is -1.60. The van der Waals surface area contributed by atoms with Crippen LogP contribution in [0.25, 0.3) is 0 Å². The number of aromatic hydroxyl groups is 1. The van der Waals surface area contributed by atoms with Crippen LogP contribution >= 0.6 is 34.8 Å². The molecule has 2 aromatic carbocycles. The normalized spacial score (nSPS) is 10.1. The number of halogens is 3. The minimum atomic E-state index is -0.0201. The molecule has 20 heavy (non-hydrogen) atoms. The van der Waals surface area contributed by atoms with Crippen molar-refractivity contribution in [2.75, 3.05) is 5.32 Å². The van der Waals surface area contributed by atoms with Crippen molar-refractivity contribution in [2.24, 2.45) is 0 Å². The maximum absolute atomic E-state index is 9.84. The van der Waals surface area contributed by atoms with E-state index in [1.807, 2.05) is 6.07 Å². The lowest BCUT2D eigenvalue weighted by Crippen LogP contribution is -2.00. The van der Waals surface area contributed by atoms with Gasteiger partial charge in [-0.25, -0.2) is 0 Å². The van der Waals surface area contributed by atoms with Gasteiger partial charge in [0, 0.05) is 17.1 Å². The highest BCUT2D eigenvalue weighted by Gasteiger charge is 2.09. The van der Waals surface area contributed by atoms with Crippen LogP contribution in [0, 0.1) is 11.3 Å². The average molecular weight is 328 g/mol. The summed E-state index contributed by atoms with van der Waals surface area (Å²) < 4.78 is 0. The summed E-state index contributed by atoms with van der Waals surface area (Å²) in [6, 6.07) is 10.0. The first-order chi connectivity index (χ1) is 9.51. The highest BCUT2D eigenvalue weighted by atomic mass is 35.5. The van der Waals surface area contributed by atoms with Gasteiger partial charge in [0.1, 0.15) is 5.75 Å². The average Bonchev–Trinajstić information content (AvgIpc) is 2.42. The number of benzene rings is 2. The third-order valence-electron chi connectivity index (χ3n) is 2.67. The lowest BCUT2D eigenvalue weighted by atomic mass is 10.2. The van der Waals surface area contributed by atoms with Crippen molar-refractivity contribution in [1.29, 1.82) is 5.26 Å². The lowest BCUT2D eigenvalue weighted by Gasteiger charge is -2.11. The molecule has 0 radical (unpaired) electrons. The molecule has 0 aliphatic heterocycles. The minimum Gasteiger partial charge on any atom is -0.506 e. The Kier molecular flexibility index (Phi) is 4.61. The van der Waals surface area contributed by atoms with Crippen LogP contribution < -0.4 is 5.32 Å². The van der Waals surface area contributed by atoms with Crippen molar-refractivity contribution in [1.82, 2.24) is 0 Å². The zero-order chi connectivity index (χ0) is 14.7. The van der Waals surface area contributed by atoms with Crippen molar-refractivity contribution >= 4 is 40.5 Å². The summed E-state index contributed by atoms with van der Waals surface area (Å²) in [5.74, 6) is -0.0201. The van der Waals surface area contributed by atoms with E-state index in [4.69, 9.17) is 40.1 Å². The Morgan fingerprint density at radius 3 is 2.50 bits per heavy atom. The minimum absolute atomic E-state index is 0.0201. The molecule has 0 aliphatic carbocycles. The van der Waals surface area contributed by atoms with E-state index in [-0.39, 0.29) is 10.8 Å². The number of anilines is 1. The molecule has 0 atom stereocenters. The number of rotatable bonds is 3. The molecule has 0 spiro atoms. The third kappa shape index (κ3) is 3.29. The second-order valence-electron chi connectivity index (χ2n) is 4.06. The summed E-state index contributed by atoms with van der Waals surface area (Å²) in [6.07, 6.45) is 0. The number of nitrogens with one attached hydrogen (secondary N) is 1. The number of hydrogen-bond donors (Lipinski definition) is 2. The molecule has 0 fully saturated rings. The molecule has 2 N–H and O–H groups in total. The van der Waals surface area contributed by atoms with E-state index in [0.29, 0.717) is 33.4 Å². The third-order valence-corrected chi connectivity index (χ3v) is 3.49. The molecule has 0 saturated carbocycles. The second-order valence-corrected chi connectivity index (χ2v) is 5.31. The molecular formula is C14H9Cl3N2O. The van der Waals surface area contributed by atoms with Crippen molar-refractivity contribution in [2.45, 2.75) is 6.54 Å². The smallest absolute Gasteiger partial charge is 0.139 e. The fourth-order valence-corrected chi connectivity index (χ4v) is 2.46. The van der Waals surface area contributed by atoms with Gasteiger partial charge in [0.05, 0.1) is 27.4 Å².